The lowest BCUT2D eigenvalue weighted by Gasteiger charge is -2.23. The van der Waals surface area contributed by atoms with Gasteiger partial charge < -0.3 is 10.4 Å². The standard InChI is InChI=1S/C22H29NO3S/c1-15-10-6-7-11-17(15)19(24)14-27(26)20-13-9-8-12-18(20)16(2)23-21(25)22(3,4)5/h6-13,16,19,24H,14H2,1-5H3,(H,23,25)/t16-,19+,27+/m1/s1. The second-order valence-electron chi connectivity index (χ2n) is 7.87. The largest absolute Gasteiger partial charge is 0.387 e. The minimum absolute atomic E-state index is 0.0597. The fraction of sp³-hybridized carbons (Fsp3) is 0.409. The van der Waals surface area contributed by atoms with E-state index < -0.39 is 22.3 Å². The summed E-state index contributed by atoms with van der Waals surface area (Å²) >= 11 is 0. The molecule has 2 aromatic rings. The Morgan fingerprint density at radius 1 is 1.07 bits per heavy atom. The molecule has 0 saturated heterocycles. The fourth-order valence-corrected chi connectivity index (χ4v) is 4.20. The topological polar surface area (TPSA) is 66.4 Å². The van der Waals surface area contributed by atoms with Crippen molar-refractivity contribution in [3.8, 4) is 0 Å². The van der Waals surface area contributed by atoms with Gasteiger partial charge in [0.2, 0.25) is 5.91 Å². The van der Waals surface area contributed by atoms with Crippen molar-refractivity contribution in [2.75, 3.05) is 5.75 Å². The summed E-state index contributed by atoms with van der Waals surface area (Å²) in [6.45, 7) is 9.39. The number of rotatable bonds is 6. The van der Waals surface area contributed by atoms with Gasteiger partial charge >= 0.3 is 0 Å². The molecule has 3 atom stereocenters. The summed E-state index contributed by atoms with van der Waals surface area (Å²) in [4.78, 5) is 12.9. The van der Waals surface area contributed by atoms with Crippen molar-refractivity contribution in [1.29, 1.82) is 0 Å². The van der Waals surface area contributed by atoms with Crippen LogP contribution >= 0.6 is 0 Å². The lowest BCUT2D eigenvalue weighted by molar-refractivity contribution is -0.129. The quantitative estimate of drug-likeness (QED) is 0.785. The number of aliphatic hydroxyl groups excluding tert-OH is 1. The third-order valence-electron chi connectivity index (χ3n) is 4.52. The highest BCUT2D eigenvalue weighted by Gasteiger charge is 2.25. The van der Waals surface area contributed by atoms with E-state index in [0.717, 1.165) is 16.7 Å². The summed E-state index contributed by atoms with van der Waals surface area (Å²) in [7, 11) is -1.39. The molecule has 0 fully saturated rings. The van der Waals surface area contributed by atoms with Crippen LogP contribution in [0.3, 0.4) is 0 Å². The maximum Gasteiger partial charge on any atom is 0.225 e. The summed E-state index contributed by atoms with van der Waals surface area (Å²) in [5, 5.41) is 13.5. The molecule has 0 heterocycles. The van der Waals surface area contributed by atoms with Crippen LogP contribution in [0.5, 0.6) is 0 Å². The molecule has 2 rings (SSSR count). The summed E-state index contributed by atoms with van der Waals surface area (Å²) < 4.78 is 13.0. The first kappa shape index (κ1) is 21.3. The number of nitrogens with one attached hydrogen (secondary N) is 1. The SMILES string of the molecule is Cc1ccccc1[C@@H](O)C[S@](=O)c1ccccc1[C@@H](C)NC(=O)C(C)(C)C. The van der Waals surface area contributed by atoms with E-state index >= 15 is 0 Å². The molecule has 146 valence electrons. The van der Waals surface area contributed by atoms with Gasteiger partial charge in [-0.3, -0.25) is 9.00 Å². The number of aliphatic hydroxyl groups is 1. The maximum absolute atomic E-state index is 13.0. The van der Waals surface area contributed by atoms with Crippen LogP contribution in [-0.2, 0) is 15.6 Å². The van der Waals surface area contributed by atoms with Crippen LogP contribution in [0.15, 0.2) is 53.4 Å². The van der Waals surface area contributed by atoms with Crippen LogP contribution in [0.4, 0.5) is 0 Å². The van der Waals surface area contributed by atoms with E-state index in [1.807, 2.05) is 77.1 Å². The van der Waals surface area contributed by atoms with Crippen molar-refractivity contribution in [2.45, 2.75) is 51.7 Å². The zero-order valence-electron chi connectivity index (χ0n) is 16.7. The minimum atomic E-state index is -1.39. The second kappa shape index (κ2) is 8.81. The number of aryl methyl sites for hydroxylation is 1. The molecule has 0 spiro atoms. The van der Waals surface area contributed by atoms with E-state index in [4.69, 9.17) is 0 Å². The Morgan fingerprint density at radius 2 is 1.63 bits per heavy atom. The lowest BCUT2D eigenvalue weighted by Crippen LogP contribution is -2.36. The van der Waals surface area contributed by atoms with Crippen molar-refractivity contribution < 1.29 is 14.1 Å². The smallest absolute Gasteiger partial charge is 0.225 e. The van der Waals surface area contributed by atoms with E-state index in [9.17, 15) is 14.1 Å². The second-order valence-corrected chi connectivity index (χ2v) is 9.33. The maximum atomic E-state index is 13.0. The number of benzene rings is 2. The highest BCUT2D eigenvalue weighted by molar-refractivity contribution is 7.85. The number of carbonyl (C=O) groups is 1. The van der Waals surface area contributed by atoms with Crippen LogP contribution in [0, 0.1) is 12.3 Å². The molecule has 2 aromatic carbocycles. The molecular weight excluding hydrogens is 358 g/mol. The zero-order valence-corrected chi connectivity index (χ0v) is 17.5. The highest BCUT2D eigenvalue weighted by Crippen LogP contribution is 2.26. The lowest BCUT2D eigenvalue weighted by atomic mass is 9.94. The number of amides is 1. The van der Waals surface area contributed by atoms with Crippen molar-refractivity contribution >= 4 is 16.7 Å². The molecule has 0 aliphatic rings. The van der Waals surface area contributed by atoms with Gasteiger partial charge in [-0.05, 0) is 36.6 Å². The van der Waals surface area contributed by atoms with Crippen LogP contribution in [0.2, 0.25) is 0 Å². The fourth-order valence-electron chi connectivity index (χ4n) is 2.82. The Labute approximate surface area is 164 Å². The third kappa shape index (κ3) is 5.50. The van der Waals surface area contributed by atoms with E-state index in [1.54, 1.807) is 6.07 Å². The summed E-state index contributed by atoms with van der Waals surface area (Å²) in [5.41, 5.74) is 2.08. The van der Waals surface area contributed by atoms with Crippen LogP contribution in [0.1, 0.15) is 56.5 Å². The van der Waals surface area contributed by atoms with Crippen molar-refractivity contribution in [2.24, 2.45) is 5.41 Å². The predicted molar refractivity (Wildman–Crippen MR) is 110 cm³/mol. The monoisotopic (exact) mass is 387 g/mol. The Balaban J connectivity index is 2.20. The molecule has 0 aromatic heterocycles. The van der Waals surface area contributed by atoms with Crippen LogP contribution in [-0.4, -0.2) is 21.0 Å². The normalized spacial score (nSPS) is 15.0. The van der Waals surface area contributed by atoms with Crippen molar-refractivity contribution in [3.05, 3.63) is 65.2 Å². The molecular formula is C22H29NO3S. The number of hydrogen-bond acceptors (Lipinski definition) is 3. The molecule has 0 saturated carbocycles. The molecule has 27 heavy (non-hydrogen) atoms. The van der Waals surface area contributed by atoms with Crippen molar-refractivity contribution in [1.82, 2.24) is 5.32 Å². The number of hydrogen-bond donors (Lipinski definition) is 2. The first-order valence-corrected chi connectivity index (χ1v) is 10.4. The van der Waals surface area contributed by atoms with E-state index in [2.05, 4.69) is 5.32 Å². The van der Waals surface area contributed by atoms with E-state index in [1.165, 1.54) is 0 Å². The molecule has 2 N–H and O–H groups in total. The first-order valence-electron chi connectivity index (χ1n) is 9.13. The zero-order chi connectivity index (χ0) is 20.2. The van der Waals surface area contributed by atoms with E-state index in [-0.39, 0.29) is 17.7 Å². The Kier molecular flexibility index (Phi) is 6.95. The number of carbonyl (C=O) groups excluding carboxylic acids is 1. The van der Waals surface area contributed by atoms with Gasteiger partial charge in [0.15, 0.2) is 0 Å². The highest BCUT2D eigenvalue weighted by atomic mass is 32.2. The minimum Gasteiger partial charge on any atom is -0.387 e. The van der Waals surface area contributed by atoms with Gasteiger partial charge in [0.05, 0.1) is 28.7 Å². The van der Waals surface area contributed by atoms with Crippen LogP contribution in [0.25, 0.3) is 0 Å². The molecule has 1 amide bonds. The van der Waals surface area contributed by atoms with Gasteiger partial charge in [0, 0.05) is 10.3 Å². The molecule has 0 unspecified atom stereocenters. The predicted octanol–water partition coefficient (Wildman–Crippen LogP) is 4.06. The molecule has 5 heteroatoms. The Hall–Kier alpha value is -1.98. The average molecular weight is 388 g/mol. The van der Waals surface area contributed by atoms with Gasteiger partial charge in [-0.1, -0.05) is 63.2 Å². The summed E-state index contributed by atoms with van der Waals surface area (Å²) in [5.74, 6) is 0.0532. The van der Waals surface area contributed by atoms with Gasteiger partial charge in [-0.15, -0.1) is 0 Å². The molecule has 4 nitrogen and oxygen atoms in total. The average Bonchev–Trinajstić information content (AvgIpc) is 2.61. The molecule has 0 bridgehead atoms. The third-order valence-corrected chi connectivity index (χ3v) is 6.00. The molecule has 0 radical (unpaired) electrons. The summed E-state index contributed by atoms with van der Waals surface area (Å²) in [6, 6.07) is 14.7. The van der Waals surface area contributed by atoms with Crippen molar-refractivity contribution in [3.63, 3.8) is 0 Å². The molecule has 0 aliphatic carbocycles. The van der Waals surface area contributed by atoms with E-state index in [0.29, 0.717) is 4.90 Å². The Morgan fingerprint density at radius 3 is 2.22 bits per heavy atom. The van der Waals surface area contributed by atoms with Gasteiger partial charge in [-0.2, -0.15) is 0 Å². The summed E-state index contributed by atoms with van der Waals surface area (Å²) in [6.07, 6.45) is -0.806. The molecule has 0 aliphatic heterocycles. The Bertz CT molecular complexity index is 826. The van der Waals surface area contributed by atoms with Crippen LogP contribution < -0.4 is 5.32 Å². The van der Waals surface area contributed by atoms with Gasteiger partial charge in [-0.25, -0.2) is 0 Å². The van der Waals surface area contributed by atoms with Gasteiger partial charge in [0.1, 0.15) is 0 Å². The first-order chi connectivity index (χ1) is 12.6. The van der Waals surface area contributed by atoms with Gasteiger partial charge in [0.25, 0.3) is 0 Å².